The Labute approximate surface area is 103 Å². The summed E-state index contributed by atoms with van der Waals surface area (Å²) in [6.07, 6.45) is 1.40. The zero-order chi connectivity index (χ0) is 13.3. The summed E-state index contributed by atoms with van der Waals surface area (Å²) in [5.41, 5.74) is 1.66. The van der Waals surface area contributed by atoms with Gasteiger partial charge in [-0.15, -0.1) is 0 Å². The minimum atomic E-state index is -0.518. The molecule has 1 N–H and O–H groups in total. The minimum absolute atomic E-state index is 0.190. The Balaban J connectivity index is 2.21. The van der Waals surface area contributed by atoms with Crippen molar-refractivity contribution in [3.63, 3.8) is 0 Å². The van der Waals surface area contributed by atoms with Crippen molar-refractivity contribution < 1.29 is 9.45 Å². The van der Waals surface area contributed by atoms with E-state index in [1.807, 2.05) is 6.92 Å². The summed E-state index contributed by atoms with van der Waals surface area (Å²) in [6, 6.07) is 0. The average Bonchev–Trinajstić information content (AvgIpc) is 2.82. The fraction of sp³-hybridized carbons (Fsp3) is 0.400. The maximum Gasteiger partial charge on any atom is 0.406 e. The molecule has 18 heavy (non-hydrogen) atoms. The van der Waals surface area contributed by atoms with Gasteiger partial charge in [-0.25, -0.2) is 0 Å². The van der Waals surface area contributed by atoms with Gasteiger partial charge in [-0.3, -0.25) is 4.57 Å². The number of hydrogen-bond acceptors (Lipinski definition) is 6. The number of anilines is 1. The van der Waals surface area contributed by atoms with Gasteiger partial charge in [-0.2, -0.15) is 0 Å². The normalized spacial score (nSPS) is 10.6. The van der Waals surface area contributed by atoms with Crippen LogP contribution in [0.25, 0.3) is 0 Å². The lowest BCUT2D eigenvalue weighted by Gasteiger charge is -2.05. The molecule has 0 saturated heterocycles. The molecule has 0 fully saturated rings. The smallest absolute Gasteiger partial charge is 0.361 e. The number of rotatable bonds is 4. The first kappa shape index (κ1) is 12.1. The van der Waals surface area contributed by atoms with Gasteiger partial charge >= 0.3 is 5.82 Å². The molecule has 0 radical (unpaired) electrons. The summed E-state index contributed by atoms with van der Waals surface area (Å²) in [4.78, 5) is 14.0. The summed E-state index contributed by atoms with van der Waals surface area (Å²) in [7, 11) is 1.69. The van der Waals surface area contributed by atoms with E-state index in [2.05, 4.69) is 15.5 Å². The van der Waals surface area contributed by atoms with Crippen LogP contribution in [-0.2, 0) is 13.6 Å². The number of aryl methyl sites for hydroxylation is 3. The maximum atomic E-state index is 10.8. The van der Waals surface area contributed by atoms with Crippen LogP contribution in [0.4, 0.5) is 11.6 Å². The Bertz CT molecular complexity index is 567. The topological polar surface area (TPSA) is 99.0 Å². The molecule has 2 aromatic heterocycles. The lowest BCUT2D eigenvalue weighted by atomic mass is 10.2. The second-order valence-electron chi connectivity index (χ2n) is 3.94. The second kappa shape index (κ2) is 4.47. The van der Waals surface area contributed by atoms with Crippen LogP contribution in [0.5, 0.6) is 0 Å². The Hall–Kier alpha value is -2.38. The van der Waals surface area contributed by atoms with Gasteiger partial charge < -0.3 is 20.0 Å². The molecule has 0 aromatic carbocycles. The van der Waals surface area contributed by atoms with E-state index in [9.17, 15) is 10.1 Å². The molecule has 0 bridgehead atoms. The van der Waals surface area contributed by atoms with Gasteiger partial charge in [0.05, 0.1) is 5.69 Å². The van der Waals surface area contributed by atoms with E-state index >= 15 is 0 Å². The van der Waals surface area contributed by atoms with Crippen LogP contribution in [0, 0.1) is 24.0 Å². The standard InChI is InChI=1S/C10H13N5O3/c1-6-8(7(2)18-13-6)4-11-9-10(15(16)17)12-5-14(9)3/h5,11H,4H2,1-3H3. The van der Waals surface area contributed by atoms with Gasteiger partial charge in [-0.05, 0) is 23.8 Å². The zero-order valence-electron chi connectivity index (χ0n) is 10.3. The van der Waals surface area contributed by atoms with Crippen LogP contribution < -0.4 is 5.32 Å². The lowest BCUT2D eigenvalue weighted by Crippen LogP contribution is -2.06. The first-order chi connectivity index (χ1) is 8.50. The number of imidazole rings is 1. The van der Waals surface area contributed by atoms with E-state index in [1.165, 1.54) is 6.33 Å². The molecule has 0 aliphatic rings. The molecule has 0 unspecified atom stereocenters. The molecule has 0 amide bonds. The molecule has 0 aliphatic carbocycles. The molecular formula is C10H13N5O3. The van der Waals surface area contributed by atoms with Gasteiger partial charge in [0.1, 0.15) is 5.76 Å². The molecule has 2 aromatic rings. The van der Waals surface area contributed by atoms with Gasteiger partial charge in [0, 0.05) is 19.2 Å². The maximum absolute atomic E-state index is 10.8. The highest BCUT2D eigenvalue weighted by Crippen LogP contribution is 2.22. The van der Waals surface area contributed by atoms with E-state index in [0.717, 1.165) is 11.3 Å². The number of hydrogen-bond donors (Lipinski definition) is 1. The molecule has 0 saturated carbocycles. The van der Waals surface area contributed by atoms with E-state index in [-0.39, 0.29) is 5.82 Å². The highest BCUT2D eigenvalue weighted by Gasteiger charge is 2.20. The molecule has 0 atom stereocenters. The van der Waals surface area contributed by atoms with E-state index in [1.54, 1.807) is 18.5 Å². The lowest BCUT2D eigenvalue weighted by molar-refractivity contribution is -0.388. The van der Waals surface area contributed by atoms with Crippen molar-refractivity contribution in [2.75, 3.05) is 5.32 Å². The van der Waals surface area contributed by atoms with Crippen molar-refractivity contribution in [2.45, 2.75) is 20.4 Å². The van der Waals surface area contributed by atoms with Crippen molar-refractivity contribution in [1.29, 1.82) is 0 Å². The van der Waals surface area contributed by atoms with Crippen molar-refractivity contribution >= 4 is 11.6 Å². The molecule has 8 nitrogen and oxygen atoms in total. The molecular weight excluding hydrogens is 238 g/mol. The number of nitro groups is 1. The van der Waals surface area contributed by atoms with Crippen molar-refractivity contribution in [3.05, 3.63) is 33.5 Å². The molecule has 96 valence electrons. The second-order valence-corrected chi connectivity index (χ2v) is 3.94. The van der Waals surface area contributed by atoms with E-state index in [4.69, 9.17) is 4.52 Å². The minimum Gasteiger partial charge on any atom is -0.361 e. The van der Waals surface area contributed by atoms with E-state index in [0.29, 0.717) is 18.1 Å². The molecule has 2 rings (SSSR count). The fourth-order valence-corrected chi connectivity index (χ4v) is 1.68. The van der Waals surface area contributed by atoms with Crippen molar-refractivity contribution in [3.8, 4) is 0 Å². The summed E-state index contributed by atoms with van der Waals surface area (Å²) in [6.45, 7) is 4.03. The third-order valence-electron chi connectivity index (χ3n) is 2.70. The monoisotopic (exact) mass is 251 g/mol. The van der Waals surface area contributed by atoms with Crippen LogP contribution in [0.2, 0.25) is 0 Å². The van der Waals surface area contributed by atoms with Crippen molar-refractivity contribution in [1.82, 2.24) is 14.7 Å². The van der Waals surface area contributed by atoms with Gasteiger partial charge in [0.15, 0.2) is 0 Å². The predicted octanol–water partition coefficient (Wildman–Crippen LogP) is 1.55. The summed E-state index contributed by atoms with van der Waals surface area (Å²) < 4.78 is 6.59. The molecule has 0 spiro atoms. The van der Waals surface area contributed by atoms with Crippen LogP contribution in [0.1, 0.15) is 17.0 Å². The number of nitrogens with zero attached hydrogens (tertiary/aromatic N) is 4. The quantitative estimate of drug-likeness (QED) is 0.653. The summed E-state index contributed by atoms with van der Waals surface area (Å²) in [5.74, 6) is 0.870. The summed E-state index contributed by atoms with van der Waals surface area (Å²) >= 11 is 0. The molecule has 8 heteroatoms. The Kier molecular flexibility index (Phi) is 3.00. The molecule has 2 heterocycles. The van der Waals surface area contributed by atoms with E-state index < -0.39 is 4.92 Å². The van der Waals surface area contributed by atoms with Gasteiger partial charge in [0.2, 0.25) is 12.1 Å². The van der Waals surface area contributed by atoms with Crippen molar-refractivity contribution in [2.24, 2.45) is 7.05 Å². The molecule has 0 aliphatic heterocycles. The average molecular weight is 251 g/mol. The Morgan fingerprint density at radius 1 is 1.56 bits per heavy atom. The first-order valence-corrected chi connectivity index (χ1v) is 5.32. The SMILES string of the molecule is Cc1noc(C)c1CNc1c([N+](=O)[O-])ncn1C. The van der Waals surface area contributed by atoms with Crippen LogP contribution in [0.15, 0.2) is 10.9 Å². The number of nitrogens with one attached hydrogen (secondary N) is 1. The predicted molar refractivity (Wildman–Crippen MR) is 63.2 cm³/mol. The largest absolute Gasteiger partial charge is 0.406 e. The highest BCUT2D eigenvalue weighted by molar-refractivity contribution is 5.52. The highest BCUT2D eigenvalue weighted by atomic mass is 16.6. The van der Waals surface area contributed by atoms with Crippen LogP contribution in [-0.4, -0.2) is 19.6 Å². The Morgan fingerprint density at radius 3 is 2.83 bits per heavy atom. The third-order valence-corrected chi connectivity index (χ3v) is 2.70. The summed E-state index contributed by atoms with van der Waals surface area (Å²) in [5, 5.41) is 17.6. The first-order valence-electron chi connectivity index (χ1n) is 5.32. The zero-order valence-corrected chi connectivity index (χ0v) is 10.3. The Morgan fingerprint density at radius 2 is 2.28 bits per heavy atom. The number of aromatic nitrogens is 3. The van der Waals surface area contributed by atoms with Crippen LogP contribution >= 0.6 is 0 Å². The third kappa shape index (κ3) is 2.04. The van der Waals surface area contributed by atoms with Crippen LogP contribution in [0.3, 0.4) is 0 Å². The fourth-order valence-electron chi connectivity index (χ4n) is 1.68. The van der Waals surface area contributed by atoms with Gasteiger partial charge in [-0.1, -0.05) is 5.16 Å². The van der Waals surface area contributed by atoms with Gasteiger partial charge in [0.25, 0.3) is 0 Å².